The summed E-state index contributed by atoms with van der Waals surface area (Å²) in [6.07, 6.45) is 0. The largest absolute Gasteiger partial charge is 0.389 e. The lowest BCUT2D eigenvalue weighted by molar-refractivity contribution is 0.0857. The Labute approximate surface area is 80.7 Å². The molecule has 1 aromatic heterocycles. The van der Waals surface area contributed by atoms with Crippen LogP contribution in [0.5, 0.6) is 0 Å². The van der Waals surface area contributed by atoms with Gasteiger partial charge in [-0.1, -0.05) is 0 Å². The highest BCUT2D eigenvalue weighted by Gasteiger charge is 2.16. The SMILES string of the molecule is Cc1nsc(N)c1C(=O)NN(C)C. The smallest absolute Gasteiger partial charge is 0.270 e. The van der Waals surface area contributed by atoms with Crippen molar-refractivity contribution in [1.29, 1.82) is 0 Å². The first-order valence-electron chi connectivity index (χ1n) is 3.72. The van der Waals surface area contributed by atoms with Gasteiger partial charge >= 0.3 is 0 Å². The second kappa shape index (κ2) is 3.71. The molecule has 0 fully saturated rings. The minimum atomic E-state index is -0.214. The predicted octanol–water partition coefficient (Wildman–Crippen LogP) is 0.240. The fourth-order valence-corrected chi connectivity index (χ4v) is 1.58. The summed E-state index contributed by atoms with van der Waals surface area (Å²) in [6.45, 7) is 1.76. The van der Waals surface area contributed by atoms with Gasteiger partial charge in [0, 0.05) is 14.1 Å². The molecule has 1 amide bonds. The third kappa shape index (κ3) is 2.16. The highest BCUT2D eigenvalue weighted by Crippen LogP contribution is 2.20. The van der Waals surface area contributed by atoms with Crippen molar-refractivity contribution in [2.45, 2.75) is 6.92 Å². The van der Waals surface area contributed by atoms with Crippen molar-refractivity contribution in [1.82, 2.24) is 14.8 Å². The van der Waals surface area contributed by atoms with Crippen molar-refractivity contribution < 1.29 is 4.79 Å². The Hall–Kier alpha value is -1.14. The van der Waals surface area contributed by atoms with Gasteiger partial charge in [-0.2, -0.15) is 4.37 Å². The van der Waals surface area contributed by atoms with Crippen LogP contribution < -0.4 is 11.2 Å². The Morgan fingerprint density at radius 2 is 2.23 bits per heavy atom. The molecule has 1 rings (SSSR count). The summed E-state index contributed by atoms with van der Waals surface area (Å²) in [4.78, 5) is 11.5. The van der Waals surface area contributed by atoms with E-state index in [0.29, 0.717) is 16.3 Å². The zero-order valence-electron chi connectivity index (χ0n) is 7.79. The molecule has 0 aromatic carbocycles. The number of hydrazine groups is 1. The number of rotatable bonds is 2. The van der Waals surface area contributed by atoms with Gasteiger partial charge in [0.05, 0.1) is 11.3 Å². The molecule has 0 aliphatic heterocycles. The number of aromatic nitrogens is 1. The summed E-state index contributed by atoms with van der Waals surface area (Å²) in [6, 6.07) is 0. The third-order valence-electron chi connectivity index (χ3n) is 1.44. The van der Waals surface area contributed by atoms with Gasteiger partial charge in [-0.3, -0.25) is 10.2 Å². The summed E-state index contributed by atoms with van der Waals surface area (Å²) in [7, 11) is 3.48. The first-order valence-corrected chi connectivity index (χ1v) is 4.49. The number of nitrogen functional groups attached to an aromatic ring is 1. The molecule has 0 aliphatic rings. The average molecular weight is 200 g/mol. The second-order valence-electron chi connectivity index (χ2n) is 2.84. The Bertz CT molecular complexity index is 301. The molecule has 0 atom stereocenters. The van der Waals surface area contributed by atoms with Crippen molar-refractivity contribution >= 4 is 22.4 Å². The maximum Gasteiger partial charge on any atom is 0.270 e. The highest BCUT2D eigenvalue weighted by atomic mass is 32.1. The van der Waals surface area contributed by atoms with Crippen molar-refractivity contribution in [3.05, 3.63) is 11.3 Å². The van der Waals surface area contributed by atoms with E-state index in [0.717, 1.165) is 11.5 Å². The second-order valence-corrected chi connectivity index (χ2v) is 3.65. The third-order valence-corrected chi connectivity index (χ3v) is 2.21. The molecule has 0 spiro atoms. The van der Waals surface area contributed by atoms with Crippen LogP contribution in [0.3, 0.4) is 0 Å². The fraction of sp³-hybridized carbons (Fsp3) is 0.429. The van der Waals surface area contributed by atoms with Gasteiger partial charge < -0.3 is 5.73 Å². The molecule has 13 heavy (non-hydrogen) atoms. The number of aryl methyl sites for hydroxylation is 1. The minimum absolute atomic E-state index is 0.214. The molecule has 6 heteroatoms. The summed E-state index contributed by atoms with van der Waals surface area (Å²) < 4.78 is 3.98. The Morgan fingerprint density at radius 1 is 1.62 bits per heavy atom. The molecule has 72 valence electrons. The number of carbonyl (C=O) groups is 1. The minimum Gasteiger partial charge on any atom is -0.389 e. The zero-order valence-corrected chi connectivity index (χ0v) is 8.60. The molecule has 0 saturated carbocycles. The topological polar surface area (TPSA) is 71.2 Å². The van der Waals surface area contributed by atoms with E-state index >= 15 is 0 Å². The van der Waals surface area contributed by atoms with Crippen molar-refractivity contribution in [3.63, 3.8) is 0 Å². The van der Waals surface area contributed by atoms with Crippen LogP contribution >= 0.6 is 11.5 Å². The number of nitrogens with zero attached hydrogens (tertiary/aromatic N) is 2. The number of hydrogen-bond donors (Lipinski definition) is 2. The summed E-state index contributed by atoms with van der Waals surface area (Å²) in [5.74, 6) is -0.214. The molecular weight excluding hydrogens is 188 g/mol. The van der Waals surface area contributed by atoms with Crippen molar-refractivity contribution in [2.75, 3.05) is 19.8 Å². The van der Waals surface area contributed by atoms with E-state index in [4.69, 9.17) is 5.73 Å². The Balaban J connectivity index is 2.88. The van der Waals surface area contributed by atoms with Crippen LogP contribution in [0.1, 0.15) is 16.1 Å². The zero-order chi connectivity index (χ0) is 10.0. The number of nitrogens with one attached hydrogen (secondary N) is 1. The van der Waals surface area contributed by atoms with E-state index in [1.807, 2.05) is 0 Å². The fourth-order valence-electron chi connectivity index (χ4n) is 0.922. The van der Waals surface area contributed by atoms with Gasteiger partial charge in [0.1, 0.15) is 5.00 Å². The first-order chi connectivity index (χ1) is 6.02. The number of nitrogens with two attached hydrogens (primary N) is 1. The van der Waals surface area contributed by atoms with Crippen LogP contribution in [-0.4, -0.2) is 29.4 Å². The summed E-state index contributed by atoms with van der Waals surface area (Å²) >= 11 is 1.13. The molecule has 5 nitrogen and oxygen atoms in total. The van der Waals surface area contributed by atoms with Crippen LogP contribution in [0.4, 0.5) is 5.00 Å². The summed E-state index contributed by atoms with van der Waals surface area (Å²) in [5.41, 5.74) is 9.34. The Kier molecular flexibility index (Phi) is 2.84. The van der Waals surface area contributed by atoms with E-state index in [1.165, 1.54) is 0 Å². The van der Waals surface area contributed by atoms with Gasteiger partial charge in [0.15, 0.2) is 0 Å². The Morgan fingerprint density at radius 3 is 2.62 bits per heavy atom. The lowest BCUT2D eigenvalue weighted by Crippen LogP contribution is -2.36. The number of carbonyl (C=O) groups excluding carboxylic acids is 1. The van der Waals surface area contributed by atoms with Crippen LogP contribution in [-0.2, 0) is 0 Å². The van der Waals surface area contributed by atoms with Crippen LogP contribution in [0, 0.1) is 6.92 Å². The molecule has 0 aliphatic carbocycles. The maximum atomic E-state index is 11.5. The molecule has 1 aromatic rings. The molecule has 1 heterocycles. The quantitative estimate of drug-likeness (QED) is 0.671. The van der Waals surface area contributed by atoms with Gasteiger partial charge in [0.2, 0.25) is 0 Å². The standard InChI is InChI=1S/C7H12N4OS/c1-4-5(6(8)13-10-4)7(12)9-11(2)3/h8H2,1-3H3,(H,9,12). The van der Waals surface area contributed by atoms with Gasteiger partial charge in [-0.25, -0.2) is 5.01 Å². The molecule has 0 radical (unpaired) electrons. The average Bonchev–Trinajstić information content (AvgIpc) is 2.29. The predicted molar refractivity (Wildman–Crippen MR) is 52.4 cm³/mol. The lowest BCUT2D eigenvalue weighted by Gasteiger charge is -2.11. The lowest BCUT2D eigenvalue weighted by atomic mass is 10.2. The summed E-state index contributed by atoms with van der Waals surface area (Å²) in [5, 5.41) is 2.02. The number of hydrogen-bond acceptors (Lipinski definition) is 5. The normalized spacial score (nSPS) is 10.5. The van der Waals surface area contributed by atoms with Gasteiger partial charge in [-0.15, -0.1) is 0 Å². The van der Waals surface area contributed by atoms with Gasteiger partial charge in [0.25, 0.3) is 5.91 Å². The molecule has 0 saturated heterocycles. The molecule has 0 unspecified atom stereocenters. The number of amides is 1. The first kappa shape index (κ1) is 9.94. The van der Waals surface area contributed by atoms with E-state index in [1.54, 1.807) is 26.0 Å². The molecule has 3 N–H and O–H groups in total. The van der Waals surface area contributed by atoms with E-state index in [-0.39, 0.29) is 5.91 Å². The van der Waals surface area contributed by atoms with Crippen LogP contribution in [0.25, 0.3) is 0 Å². The van der Waals surface area contributed by atoms with E-state index in [2.05, 4.69) is 9.80 Å². The number of anilines is 1. The molecule has 0 bridgehead atoms. The highest BCUT2D eigenvalue weighted by molar-refractivity contribution is 7.10. The monoisotopic (exact) mass is 200 g/mol. The van der Waals surface area contributed by atoms with Crippen molar-refractivity contribution in [2.24, 2.45) is 0 Å². The van der Waals surface area contributed by atoms with E-state index in [9.17, 15) is 4.79 Å². The van der Waals surface area contributed by atoms with E-state index < -0.39 is 0 Å². The van der Waals surface area contributed by atoms with Crippen LogP contribution in [0.15, 0.2) is 0 Å². The van der Waals surface area contributed by atoms with Gasteiger partial charge in [-0.05, 0) is 18.5 Å². The maximum absolute atomic E-state index is 11.5. The van der Waals surface area contributed by atoms with Crippen molar-refractivity contribution in [3.8, 4) is 0 Å². The molecular formula is C7H12N4OS. The van der Waals surface area contributed by atoms with Crippen LogP contribution in [0.2, 0.25) is 0 Å².